The molecule has 18 heavy (non-hydrogen) atoms. The number of aliphatic imine (C=N–C) groups is 1. The summed E-state index contributed by atoms with van der Waals surface area (Å²) >= 11 is 1.75. The molecule has 0 bridgehead atoms. The lowest BCUT2D eigenvalue weighted by atomic mass is 9.95. The normalized spacial score (nSPS) is 17.4. The van der Waals surface area contributed by atoms with Crippen molar-refractivity contribution in [3.8, 4) is 0 Å². The summed E-state index contributed by atoms with van der Waals surface area (Å²) in [6.45, 7) is 6.68. The molecule has 1 aliphatic rings. The van der Waals surface area contributed by atoms with Crippen LogP contribution in [0.25, 0.3) is 4.91 Å². The zero-order valence-electron chi connectivity index (χ0n) is 11.7. The Morgan fingerprint density at radius 2 is 1.83 bits per heavy atom. The van der Waals surface area contributed by atoms with E-state index in [0.717, 1.165) is 10.9 Å². The topological polar surface area (TPSA) is 15.6 Å². The summed E-state index contributed by atoms with van der Waals surface area (Å²) in [6, 6.07) is 8.34. The molecule has 0 N–H and O–H groups in total. The average Bonchev–Trinajstić information content (AvgIpc) is 2.26. The third-order valence-corrected chi connectivity index (χ3v) is 3.73. The van der Waals surface area contributed by atoms with Crippen LogP contribution in [0.5, 0.6) is 0 Å². The Kier molecular flexibility index (Phi) is 3.53. The summed E-state index contributed by atoms with van der Waals surface area (Å²) in [5.74, 6) is 0. The molecule has 0 saturated heterocycles. The molecule has 0 fully saturated rings. The number of fused-ring (bicyclic) bond motifs is 1. The summed E-state index contributed by atoms with van der Waals surface area (Å²) in [4.78, 5) is 8.06. The molecule has 0 aliphatic carbocycles. The number of hydrogen-bond acceptors (Lipinski definition) is 3. The second kappa shape index (κ2) is 4.81. The molecule has 1 heterocycles. The third kappa shape index (κ3) is 2.96. The van der Waals surface area contributed by atoms with E-state index in [2.05, 4.69) is 54.9 Å². The minimum Gasteiger partial charge on any atom is -0.357 e. The first-order valence-corrected chi connectivity index (χ1v) is 6.94. The van der Waals surface area contributed by atoms with Crippen LogP contribution in [0, 0.1) is 5.41 Å². The Hall–Kier alpha value is -1.22. The molecule has 0 amide bonds. The Bertz CT molecular complexity index is 507. The van der Waals surface area contributed by atoms with Gasteiger partial charge in [-0.1, -0.05) is 56.8 Å². The number of para-hydroxylation sites is 1. The van der Waals surface area contributed by atoms with Gasteiger partial charge in [0.25, 0.3) is 0 Å². The highest BCUT2D eigenvalue weighted by Crippen LogP contribution is 2.42. The molecule has 0 atom stereocenters. The van der Waals surface area contributed by atoms with Gasteiger partial charge in [-0.2, -0.15) is 0 Å². The predicted molar refractivity (Wildman–Crippen MR) is 82.2 cm³/mol. The van der Waals surface area contributed by atoms with E-state index >= 15 is 0 Å². The van der Waals surface area contributed by atoms with Gasteiger partial charge < -0.3 is 4.90 Å². The second-order valence-corrected chi connectivity index (χ2v) is 6.79. The van der Waals surface area contributed by atoms with E-state index in [1.807, 2.05) is 20.2 Å². The molecule has 0 radical (unpaired) electrons. The number of nitrogens with zero attached hydrogens (tertiary/aromatic N) is 2. The van der Waals surface area contributed by atoms with Crippen LogP contribution in [0.4, 0.5) is 5.69 Å². The van der Waals surface area contributed by atoms with Gasteiger partial charge in [-0.05, 0) is 11.5 Å². The van der Waals surface area contributed by atoms with Gasteiger partial charge in [0.15, 0.2) is 5.17 Å². The van der Waals surface area contributed by atoms with Crippen molar-refractivity contribution in [3.05, 3.63) is 35.9 Å². The van der Waals surface area contributed by atoms with Crippen LogP contribution in [-0.2, 0) is 0 Å². The van der Waals surface area contributed by atoms with Gasteiger partial charge in [0.05, 0.1) is 5.69 Å². The molecule has 1 aromatic carbocycles. The highest BCUT2D eigenvalue weighted by atomic mass is 32.2. The molecular formula is C15H20N2S. The van der Waals surface area contributed by atoms with Crippen molar-refractivity contribution >= 4 is 27.5 Å². The van der Waals surface area contributed by atoms with Crippen molar-refractivity contribution < 1.29 is 0 Å². The fourth-order valence-corrected chi connectivity index (χ4v) is 2.97. The molecule has 1 aliphatic heterocycles. The maximum atomic E-state index is 4.69. The first-order valence-electron chi connectivity index (χ1n) is 6.13. The van der Waals surface area contributed by atoms with E-state index < -0.39 is 0 Å². The minimum absolute atomic E-state index is 0.171. The quantitative estimate of drug-likeness (QED) is 0.688. The van der Waals surface area contributed by atoms with E-state index in [0.29, 0.717) is 0 Å². The number of hydrogen-bond donors (Lipinski definition) is 0. The average molecular weight is 260 g/mol. The predicted octanol–water partition coefficient (Wildman–Crippen LogP) is 4.37. The van der Waals surface area contributed by atoms with Gasteiger partial charge in [-0.3, -0.25) is 0 Å². The fourth-order valence-electron chi connectivity index (χ4n) is 1.75. The van der Waals surface area contributed by atoms with Crippen molar-refractivity contribution in [2.45, 2.75) is 20.8 Å². The zero-order chi connectivity index (χ0) is 13.3. The van der Waals surface area contributed by atoms with Crippen LogP contribution >= 0.6 is 11.8 Å². The summed E-state index contributed by atoms with van der Waals surface area (Å²) in [5.41, 5.74) is 2.47. The Morgan fingerprint density at radius 1 is 1.17 bits per heavy atom. The number of thioether (sulfide) groups is 1. The largest absolute Gasteiger partial charge is 0.357 e. The monoisotopic (exact) mass is 260 g/mol. The second-order valence-electron chi connectivity index (χ2n) is 5.78. The molecule has 0 spiro atoms. The van der Waals surface area contributed by atoms with Crippen molar-refractivity contribution in [2.24, 2.45) is 10.4 Å². The number of allylic oxidation sites excluding steroid dienone is 1. The summed E-state index contributed by atoms with van der Waals surface area (Å²) in [6.07, 6.45) is 2.33. The standard InChI is InChI=1S/C15H20N2S/c1-15(2,3)10-13-11-8-6-7-9-12(11)16-14(18-13)17(4)5/h6-10H,1-5H3/b13-10-. The maximum Gasteiger partial charge on any atom is 0.168 e. The highest BCUT2D eigenvalue weighted by Gasteiger charge is 2.20. The van der Waals surface area contributed by atoms with Crippen LogP contribution < -0.4 is 0 Å². The van der Waals surface area contributed by atoms with Gasteiger partial charge >= 0.3 is 0 Å². The minimum atomic E-state index is 0.171. The van der Waals surface area contributed by atoms with E-state index in [-0.39, 0.29) is 5.41 Å². The Morgan fingerprint density at radius 3 is 2.44 bits per heavy atom. The van der Waals surface area contributed by atoms with E-state index in [9.17, 15) is 0 Å². The first kappa shape index (κ1) is 13.2. The summed E-state index contributed by atoms with van der Waals surface area (Å²) in [7, 11) is 4.07. The van der Waals surface area contributed by atoms with Gasteiger partial charge in [-0.25, -0.2) is 4.99 Å². The SMILES string of the molecule is CN(C)C1=Nc2ccccc2/C(=C/C(C)(C)C)S1. The van der Waals surface area contributed by atoms with Crippen molar-refractivity contribution in [3.63, 3.8) is 0 Å². The van der Waals surface area contributed by atoms with Crippen molar-refractivity contribution in [2.75, 3.05) is 14.1 Å². The summed E-state index contributed by atoms with van der Waals surface area (Å²) in [5, 5.41) is 1.05. The lowest BCUT2D eigenvalue weighted by Crippen LogP contribution is -2.20. The molecule has 2 nitrogen and oxygen atoms in total. The number of benzene rings is 1. The van der Waals surface area contributed by atoms with Crippen LogP contribution in [0.15, 0.2) is 35.3 Å². The number of amidine groups is 1. The first-order chi connectivity index (χ1) is 8.37. The van der Waals surface area contributed by atoms with Crippen molar-refractivity contribution in [1.29, 1.82) is 0 Å². The molecule has 0 saturated carbocycles. The van der Waals surface area contributed by atoms with E-state index in [1.54, 1.807) is 11.8 Å². The third-order valence-electron chi connectivity index (χ3n) is 2.53. The molecule has 1 aromatic rings. The van der Waals surface area contributed by atoms with Crippen LogP contribution in [0.3, 0.4) is 0 Å². The molecule has 0 unspecified atom stereocenters. The van der Waals surface area contributed by atoms with Crippen molar-refractivity contribution in [1.82, 2.24) is 4.90 Å². The number of rotatable bonds is 0. The fraction of sp³-hybridized carbons (Fsp3) is 0.400. The molecule has 3 heteroatoms. The summed E-state index contributed by atoms with van der Waals surface area (Å²) < 4.78 is 0. The van der Waals surface area contributed by atoms with Gasteiger partial charge in [0.1, 0.15) is 0 Å². The van der Waals surface area contributed by atoms with Crippen LogP contribution in [-0.4, -0.2) is 24.2 Å². The molecule has 0 aromatic heterocycles. The highest BCUT2D eigenvalue weighted by molar-refractivity contribution is 8.21. The van der Waals surface area contributed by atoms with Gasteiger partial charge in [0, 0.05) is 24.6 Å². The Balaban J connectivity index is 2.52. The van der Waals surface area contributed by atoms with Crippen LogP contribution in [0.2, 0.25) is 0 Å². The van der Waals surface area contributed by atoms with Gasteiger partial charge in [-0.15, -0.1) is 0 Å². The molecule has 2 rings (SSSR count). The van der Waals surface area contributed by atoms with Crippen LogP contribution in [0.1, 0.15) is 26.3 Å². The molecule has 96 valence electrons. The smallest absolute Gasteiger partial charge is 0.168 e. The van der Waals surface area contributed by atoms with E-state index in [1.165, 1.54) is 10.5 Å². The lowest BCUT2D eigenvalue weighted by molar-refractivity contribution is 0.546. The maximum absolute atomic E-state index is 4.69. The van der Waals surface area contributed by atoms with Gasteiger partial charge in [0.2, 0.25) is 0 Å². The Labute approximate surface area is 114 Å². The zero-order valence-corrected chi connectivity index (χ0v) is 12.5. The lowest BCUT2D eigenvalue weighted by Gasteiger charge is -2.24. The molecular weight excluding hydrogens is 240 g/mol. The van der Waals surface area contributed by atoms with E-state index in [4.69, 9.17) is 0 Å².